The van der Waals surface area contributed by atoms with Gasteiger partial charge in [0.05, 0.1) is 32.1 Å². The Labute approximate surface area is 216 Å². The van der Waals surface area contributed by atoms with Crippen LogP contribution < -0.4 is 14.8 Å². The van der Waals surface area contributed by atoms with Crippen LogP contribution in [-0.4, -0.2) is 53.6 Å². The summed E-state index contributed by atoms with van der Waals surface area (Å²) in [6.45, 7) is 4.28. The molecule has 190 valence electrons. The zero-order valence-corrected chi connectivity index (χ0v) is 21.7. The second-order valence-corrected chi connectivity index (χ2v) is 9.67. The molecule has 36 heavy (non-hydrogen) atoms. The van der Waals surface area contributed by atoms with Crippen molar-refractivity contribution in [1.29, 1.82) is 0 Å². The molecule has 0 unspecified atom stereocenters. The van der Waals surface area contributed by atoms with E-state index >= 15 is 0 Å². The number of hydrogen-bond donors (Lipinski definition) is 1. The molecule has 2 aromatic carbocycles. The van der Waals surface area contributed by atoms with Crippen molar-refractivity contribution >= 4 is 29.4 Å². The molecule has 1 fully saturated rings. The predicted molar refractivity (Wildman–Crippen MR) is 140 cm³/mol. The monoisotopic (exact) mass is 510 g/mol. The lowest BCUT2D eigenvalue weighted by molar-refractivity contribution is -0.137. The highest BCUT2D eigenvalue weighted by Crippen LogP contribution is 2.32. The third kappa shape index (κ3) is 5.99. The molecule has 1 saturated carbocycles. The van der Waals surface area contributed by atoms with Crippen molar-refractivity contribution in [1.82, 2.24) is 14.5 Å². The number of methoxy groups -OCH3 is 2. The van der Waals surface area contributed by atoms with Crippen LogP contribution in [0.1, 0.15) is 26.7 Å². The summed E-state index contributed by atoms with van der Waals surface area (Å²) in [5.74, 6) is 1.44. The van der Waals surface area contributed by atoms with Crippen LogP contribution in [0.5, 0.6) is 11.5 Å². The minimum atomic E-state index is -0.306. The summed E-state index contributed by atoms with van der Waals surface area (Å²) < 4.78 is 12.6. The van der Waals surface area contributed by atoms with Gasteiger partial charge in [-0.25, -0.2) is 4.98 Å². The van der Waals surface area contributed by atoms with E-state index in [0.717, 1.165) is 24.1 Å². The highest BCUT2D eigenvalue weighted by Gasteiger charge is 2.29. The van der Waals surface area contributed by atoms with E-state index in [0.29, 0.717) is 40.6 Å². The van der Waals surface area contributed by atoms with Crippen LogP contribution in [0.2, 0.25) is 5.02 Å². The maximum atomic E-state index is 13.1. The van der Waals surface area contributed by atoms with E-state index in [1.54, 1.807) is 41.9 Å². The quantitative estimate of drug-likeness (QED) is 0.413. The number of carbonyl (C=O) groups excluding carboxylic acids is 2. The Morgan fingerprint density at radius 3 is 2.42 bits per heavy atom. The van der Waals surface area contributed by atoms with Crippen molar-refractivity contribution < 1.29 is 19.1 Å². The van der Waals surface area contributed by atoms with Gasteiger partial charge in [-0.05, 0) is 43.0 Å². The van der Waals surface area contributed by atoms with Gasteiger partial charge >= 0.3 is 0 Å². The molecule has 1 aliphatic carbocycles. The first-order chi connectivity index (χ1) is 17.3. The van der Waals surface area contributed by atoms with Crippen molar-refractivity contribution in [2.24, 2.45) is 11.8 Å². The summed E-state index contributed by atoms with van der Waals surface area (Å²) in [6.07, 6.45) is 4.02. The van der Waals surface area contributed by atoms with Gasteiger partial charge in [0, 0.05) is 35.3 Å². The number of imidazole rings is 1. The van der Waals surface area contributed by atoms with E-state index in [4.69, 9.17) is 26.1 Å². The molecule has 2 amide bonds. The van der Waals surface area contributed by atoms with E-state index in [-0.39, 0.29) is 24.3 Å². The van der Waals surface area contributed by atoms with Crippen molar-refractivity contribution in [3.8, 4) is 28.4 Å². The van der Waals surface area contributed by atoms with Gasteiger partial charge < -0.3 is 14.4 Å². The molecule has 8 nitrogen and oxygen atoms in total. The summed E-state index contributed by atoms with van der Waals surface area (Å²) in [6, 6.07) is 12.8. The molecule has 0 saturated heterocycles. The Bertz CT molecular complexity index is 1240. The molecule has 4 rings (SSSR count). The lowest BCUT2D eigenvalue weighted by Gasteiger charge is -2.24. The first-order valence-electron chi connectivity index (χ1n) is 12.0. The second-order valence-electron chi connectivity index (χ2n) is 9.23. The second kappa shape index (κ2) is 11.0. The minimum Gasteiger partial charge on any atom is -0.493 e. The standard InChI is InChI=1S/C27H31ClN4O4/c1-17(2)26(34)31(14-18-5-6-18)16-25(33)30-27-29-22(19-7-9-20(28)10-8-19)15-32(27)21-11-12-23(35-3)24(13-21)36-4/h7-13,15,17-18H,5-6,14,16H2,1-4H3,(H,29,30,33). The van der Waals surface area contributed by atoms with Crippen LogP contribution in [-0.2, 0) is 9.59 Å². The average molecular weight is 511 g/mol. The Hall–Kier alpha value is -3.52. The zero-order valence-electron chi connectivity index (χ0n) is 21.0. The van der Waals surface area contributed by atoms with Crippen LogP contribution in [0, 0.1) is 11.8 Å². The highest BCUT2D eigenvalue weighted by molar-refractivity contribution is 6.30. The molecule has 1 heterocycles. The molecule has 1 aliphatic rings. The molecular weight excluding hydrogens is 480 g/mol. The predicted octanol–water partition coefficient (Wildman–Crippen LogP) is 5.04. The number of nitrogens with one attached hydrogen (secondary N) is 1. The summed E-state index contributed by atoms with van der Waals surface area (Å²) >= 11 is 6.06. The number of ether oxygens (including phenoxy) is 2. The van der Waals surface area contributed by atoms with Crippen LogP contribution in [0.3, 0.4) is 0 Å². The van der Waals surface area contributed by atoms with Gasteiger partial charge in [-0.1, -0.05) is 37.6 Å². The van der Waals surface area contributed by atoms with Crippen LogP contribution in [0.25, 0.3) is 16.9 Å². The van der Waals surface area contributed by atoms with Crippen LogP contribution >= 0.6 is 11.6 Å². The maximum Gasteiger partial charge on any atom is 0.246 e. The fourth-order valence-electron chi connectivity index (χ4n) is 3.95. The SMILES string of the molecule is COc1ccc(-n2cc(-c3ccc(Cl)cc3)nc2NC(=O)CN(CC2CC2)C(=O)C(C)C)cc1OC. The molecule has 0 aliphatic heterocycles. The van der Waals surface area contributed by atoms with Gasteiger partial charge in [0.15, 0.2) is 11.5 Å². The van der Waals surface area contributed by atoms with Gasteiger partial charge in [-0.3, -0.25) is 19.5 Å². The Morgan fingerprint density at radius 1 is 1.11 bits per heavy atom. The van der Waals surface area contributed by atoms with E-state index < -0.39 is 0 Å². The maximum absolute atomic E-state index is 13.1. The fourth-order valence-corrected chi connectivity index (χ4v) is 4.07. The highest BCUT2D eigenvalue weighted by atomic mass is 35.5. The number of halogens is 1. The topological polar surface area (TPSA) is 85.7 Å². The molecule has 0 radical (unpaired) electrons. The molecule has 0 atom stereocenters. The zero-order chi connectivity index (χ0) is 25.8. The Morgan fingerprint density at radius 2 is 1.81 bits per heavy atom. The lowest BCUT2D eigenvalue weighted by atomic mass is 10.2. The summed E-state index contributed by atoms with van der Waals surface area (Å²) in [5, 5.41) is 3.54. The van der Waals surface area contributed by atoms with Gasteiger partial charge in [-0.15, -0.1) is 0 Å². The van der Waals surface area contributed by atoms with E-state index in [1.807, 2.05) is 44.3 Å². The number of hydrogen-bond acceptors (Lipinski definition) is 5. The third-order valence-corrected chi connectivity index (χ3v) is 6.31. The van der Waals surface area contributed by atoms with Crippen molar-refractivity contribution in [2.45, 2.75) is 26.7 Å². The van der Waals surface area contributed by atoms with Crippen LogP contribution in [0.15, 0.2) is 48.7 Å². The van der Waals surface area contributed by atoms with Gasteiger partial charge in [0.1, 0.15) is 0 Å². The number of benzene rings is 2. The van der Waals surface area contributed by atoms with Gasteiger partial charge in [0.25, 0.3) is 0 Å². The molecule has 1 aromatic heterocycles. The lowest BCUT2D eigenvalue weighted by Crippen LogP contribution is -2.41. The van der Waals surface area contributed by atoms with Crippen LogP contribution in [0.4, 0.5) is 5.95 Å². The number of carbonyl (C=O) groups is 2. The molecule has 0 bridgehead atoms. The Balaban J connectivity index is 1.65. The van der Waals surface area contributed by atoms with Crippen molar-refractivity contribution in [3.63, 3.8) is 0 Å². The van der Waals surface area contributed by atoms with Gasteiger partial charge in [0.2, 0.25) is 17.8 Å². The number of nitrogens with zero attached hydrogens (tertiary/aromatic N) is 3. The Kier molecular flexibility index (Phi) is 7.84. The number of anilines is 1. The summed E-state index contributed by atoms with van der Waals surface area (Å²) in [5.41, 5.74) is 2.23. The minimum absolute atomic E-state index is 0.0252. The fraction of sp³-hybridized carbons (Fsp3) is 0.370. The molecule has 9 heteroatoms. The van der Waals surface area contributed by atoms with E-state index in [2.05, 4.69) is 5.32 Å². The van der Waals surface area contributed by atoms with E-state index in [9.17, 15) is 9.59 Å². The molecular formula is C27H31ClN4O4. The number of rotatable bonds is 10. The first kappa shape index (κ1) is 25.6. The first-order valence-corrected chi connectivity index (χ1v) is 12.3. The number of amides is 2. The van der Waals surface area contributed by atoms with Crippen molar-refractivity contribution in [2.75, 3.05) is 32.6 Å². The normalized spacial score (nSPS) is 12.9. The molecule has 0 spiro atoms. The number of aromatic nitrogens is 2. The molecule has 1 N–H and O–H groups in total. The van der Waals surface area contributed by atoms with E-state index in [1.165, 1.54) is 0 Å². The molecule has 3 aromatic rings. The van der Waals surface area contributed by atoms with Gasteiger partial charge in [-0.2, -0.15) is 0 Å². The smallest absolute Gasteiger partial charge is 0.246 e. The largest absolute Gasteiger partial charge is 0.493 e. The third-order valence-electron chi connectivity index (χ3n) is 6.06. The summed E-state index contributed by atoms with van der Waals surface area (Å²) in [4.78, 5) is 32.2. The average Bonchev–Trinajstić information content (AvgIpc) is 3.60. The van der Waals surface area contributed by atoms with Crippen molar-refractivity contribution in [3.05, 3.63) is 53.7 Å². The summed E-state index contributed by atoms with van der Waals surface area (Å²) in [7, 11) is 3.14.